The number of benzene rings is 1. The van der Waals surface area contributed by atoms with Crippen molar-refractivity contribution in [2.24, 2.45) is 5.92 Å². The number of hydrogen-bond donors (Lipinski definition) is 3. The highest BCUT2D eigenvalue weighted by Crippen LogP contribution is 2.35. The van der Waals surface area contributed by atoms with Gasteiger partial charge in [-0.05, 0) is 60.2 Å². The summed E-state index contributed by atoms with van der Waals surface area (Å²) in [6.45, 7) is 0. The van der Waals surface area contributed by atoms with Crippen LogP contribution in [0, 0.1) is 5.92 Å². The molecule has 36 heavy (non-hydrogen) atoms. The molecule has 0 bridgehead atoms. The normalized spacial score (nSPS) is 13.8. The molecule has 0 atom stereocenters. The monoisotopic (exact) mass is 490 g/mol. The van der Waals surface area contributed by atoms with Crippen LogP contribution >= 0.6 is 11.3 Å². The molecule has 0 radical (unpaired) electrons. The first-order valence-corrected chi connectivity index (χ1v) is 12.9. The summed E-state index contributed by atoms with van der Waals surface area (Å²) in [5.74, 6) is 0.216. The maximum absolute atomic E-state index is 12.4. The summed E-state index contributed by atoms with van der Waals surface area (Å²) in [6, 6.07) is 14.4. The van der Waals surface area contributed by atoms with E-state index in [1.165, 1.54) is 0 Å². The van der Waals surface area contributed by atoms with E-state index in [-0.39, 0.29) is 11.8 Å². The Morgan fingerprint density at radius 1 is 0.944 bits per heavy atom. The first-order chi connectivity index (χ1) is 17.7. The third kappa shape index (κ3) is 3.58. The Bertz CT molecular complexity index is 1730. The highest BCUT2D eigenvalue weighted by atomic mass is 32.1. The van der Waals surface area contributed by atoms with Crippen LogP contribution in [0.5, 0.6) is 0 Å². The van der Waals surface area contributed by atoms with E-state index in [2.05, 4.69) is 59.4 Å². The van der Waals surface area contributed by atoms with Gasteiger partial charge in [0.25, 0.3) is 0 Å². The fourth-order valence-electron chi connectivity index (χ4n) is 4.79. The zero-order valence-corrected chi connectivity index (χ0v) is 20.1. The lowest BCUT2D eigenvalue weighted by molar-refractivity contribution is -0.122. The van der Waals surface area contributed by atoms with E-state index in [9.17, 15) is 4.79 Å². The molecule has 5 heterocycles. The molecular formula is C28H22N6OS. The predicted molar refractivity (Wildman–Crippen MR) is 144 cm³/mol. The molecule has 1 aromatic carbocycles. The van der Waals surface area contributed by atoms with Crippen molar-refractivity contribution in [3.63, 3.8) is 0 Å². The molecule has 0 saturated heterocycles. The Labute approximate surface area is 210 Å². The number of aromatic nitrogens is 5. The fourth-order valence-corrected chi connectivity index (χ4v) is 5.43. The summed E-state index contributed by atoms with van der Waals surface area (Å²) in [6.07, 6.45) is 8.42. The lowest BCUT2D eigenvalue weighted by Gasteiger charge is -2.24. The van der Waals surface area contributed by atoms with Gasteiger partial charge in [-0.3, -0.25) is 19.9 Å². The maximum Gasteiger partial charge on any atom is 0.227 e. The van der Waals surface area contributed by atoms with Crippen molar-refractivity contribution in [2.75, 3.05) is 5.32 Å². The van der Waals surface area contributed by atoms with E-state index >= 15 is 0 Å². The second-order valence-electron chi connectivity index (χ2n) is 9.23. The van der Waals surface area contributed by atoms with Gasteiger partial charge < -0.3 is 10.3 Å². The number of fused-ring (bicyclic) bond motifs is 2. The quantitative estimate of drug-likeness (QED) is 0.252. The molecular weight excluding hydrogens is 468 g/mol. The van der Waals surface area contributed by atoms with Crippen molar-refractivity contribution < 1.29 is 4.79 Å². The van der Waals surface area contributed by atoms with E-state index in [1.807, 2.05) is 36.7 Å². The Kier molecular flexibility index (Phi) is 4.92. The number of thiophene rings is 1. The van der Waals surface area contributed by atoms with Crippen molar-refractivity contribution >= 4 is 44.7 Å². The molecule has 1 amide bonds. The average Bonchev–Trinajstić information content (AvgIpc) is 3.61. The lowest BCUT2D eigenvalue weighted by Crippen LogP contribution is -2.28. The van der Waals surface area contributed by atoms with E-state index < -0.39 is 0 Å². The zero-order chi connectivity index (χ0) is 24.1. The molecule has 176 valence electrons. The van der Waals surface area contributed by atoms with Gasteiger partial charge in [0.05, 0.1) is 28.8 Å². The number of nitrogens with one attached hydrogen (secondary N) is 3. The first-order valence-electron chi connectivity index (χ1n) is 12.0. The molecule has 7 nitrogen and oxygen atoms in total. The van der Waals surface area contributed by atoms with Crippen LogP contribution in [-0.4, -0.2) is 31.1 Å². The number of pyridine rings is 2. The van der Waals surface area contributed by atoms with Crippen LogP contribution in [0.2, 0.25) is 0 Å². The minimum Gasteiger partial charge on any atom is -0.353 e. The summed E-state index contributed by atoms with van der Waals surface area (Å²) in [5, 5.41) is 17.1. The number of carbonyl (C=O) groups is 1. The highest BCUT2D eigenvalue weighted by Gasteiger charge is 2.25. The summed E-state index contributed by atoms with van der Waals surface area (Å²) in [7, 11) is 0. The van der Waals surface area contributed by atoms with Gasteiger partial charge in [-0.2, -0.15) is 16.4 Å². The third-order valence-electron chi connectivity index (χ3n) is 6.98. The Hall–Kier alpha value is -4.30. The van der Waals surface area contributed by atoms with Gasteiger partial charge in [0.2, 0.25) is 5.91 Å². The molecule has 0 aliphatic heterocycles. The highest BCUT2D eigenvalue weighted by molar-refractivity contribution is 7.08. The zero-order valence-electron chi connectivity index (χ0n) is 19.3. The summed E-state index contributed by atoms with van der Waals surface area (Å²) in [4.78, 5) is 24.9. The van der Waals surface area contributed by atoms with Gasteiger partial charge in [-0.15, -0.1) is 0 Å². The second kappa shape index (κ2) is 8.42. The second-order valence-corrected chi connectivity index (χ2v) is 10.0. The van der Waals surface area contributed by atoms with Crippen LogP contribution in [0.25, 0.3) is 55.6 Å². The van der Waals surface area contributed by atoms with Crippen LogP contribution in [0.4, 0.5) is 5.69 Å². The summed E-state index contributed by atoms with van der Waals surface area (Å²) < 4.78 is 0. The van der Waals surface area contributed by atoms with Crippen molar-refractivity contribution in [3.8, 4) is 33.8 Å². The van der Waals surface area contributed by atoms with Gasteiger partial charge in [0.15, 0.2) is 0 Å². The smallest absolute Gasteiger partial charge is 0.227 e. The molecule has 7 rings (SSSR count). The summed E-state index contributed by atoms with van der Waals surface area (Å²) >= 11 is 1.66. The fraction of sp³-hybridized carbons (Fsp3) is 0.143. The number of rotatable bonds is 5. The topological polar surface area (TPSA) is 99.3 Å². The average molecular weight is 491 g/mol. The molecule has 6 aromatic rings. The minimum atomic E-state index is 0.0860. The van der Waals surface area contributed by atoms with Crippen molar-refractivity contribution in [2.45, 2.75) is 19.3 Å². The predicted octanol–water partition coefficient (Wildman–Crippen LogP) is 6.64. The third-order valence-corrected chi connectivity index (χ3v) is 7.66. The van der Waals surface area contributed by atoms with E-state index in [0.717, 1.165) is 80.5 Å². The Balaban J connectivity index is 1.26. The number of carbonyl (C=O) groups excluding carboxylic acids is 1. The molecule has 0 spiro atoms. The van der Waals surface area contributed by atoms with Gasteiger partial charge in [-0.25, -0.2) is 0 Å². The van der Waals surface area contributed by atoms with Crippen LogP contribution in [0.1, 0.15) is 19.3 Å². The van der Waals surface area contributed by atoms with Gasteiger partial charge in [-0.1, -0.05) is 12.5 Å². The van der Waals surface area contributed by atoms with Crippen molar-refractivity contribution in [1.29, 1.82) is 0 Å². The molecule has 5 aromatic heterocycles. The van der Waals surface area contributed by atoms with Gasteiger partial charge in [0.1, 0.15) is 5.69 Å². The lowest BCUT2D eigenvalue weighted by atomic mass is 9.85. The molecule has 1 aliphatic rings. The van der Waals surface area contributed by atoms with Crippen LogP contribution in [-0.2, 0) is 4.79 Å². The summed E-state index contributed by atoms with van der Waals surface area (Å²) in [5.41, 5.74) is 8.50. The number of anilines is 1. The standard InChI is InChI=1S/C28H22N6OS/c35-28(16-2-1-3-16)31-20-10-19(13-29-14-20)17-4-5-24-21(11-17)27(34-33-24)25-12-22-23(32-25)6-8-30-26(22)18-7-9-36-15-18/h4-16,32H,1-3H2,(H,31,35)(H,33,34). The number of H-pyrrole nitrogens is 2. The maximum atomic E-state index is 12.4. The number of aromatic amines is 2. The van der Waals surface area contributed by atoms with Crippen LogP contribution in [0.15, 0.2) is 71.8 Å². The van der Waals surface area contributed by atoms with Crippen molar-refractivity contribution in [1.82, 2.24) is 25.1 Å². The largest absolute Gasteiger partial charge is 0.353 e. The molecule has 1 saturated carbocycles. The number of nitrogens with zero attached hydrogens (tertiary/aromatic N) is 3. The van der Waals surface area contributed by atoms with Crippen LogP contribution in [0.3, 0.4) is 0 Å². The molecule has 1 aliphatic carbocycles. The SMILES string of the molecule is O=C(Nc1cncc(-c2ccc3[nH]nc(-c4cc5c(-c6ccsc6)nccc5[nH]4)c3c2)c1)C1CCC1. The van der Waals surface area contributed by atoms with Crippen molar-refractivity contribution in [3.05, 3.63) is 71.8 Å². The van der Waals surface area contributed by atoms with Crippen LogP contribution < -0.4 is 5.32 Å². The Morgan fingerprint density at radius 3 is 2.69 bits per heavy atom. The van der Waals surface area contributed by atoms with E-state index in [0.29, 0.717) is 0 Å². The first kappa shape index (κ1) is 21.0. The number of amides is 1. The Morgan fingerprint density at radius 2 is 1.86 bits per heavy atom. The molecule has 0 unspecified atom stereocenters. The molecule has 1 fully saturated rings. The number of hydrogen-bond acceptors (Lipinski definition) is 5. The van der Waals surface area contributed by atoms with E-state index in [1.54, 1.807) is 17.5 Å². The minimum absolute atomic E-state index is 0.0860. The van der Waals surface area contributed by atoms with Gasteiger partial charge in [0, 0.05) is 51.1 Å². The van der Waals surface area contributed by atoms with Gasteiger partial charge >= 0.3 is 0 Å². The van der Waals surface area contributed by atoms with E-state index in [4.69, 9.17) is 0 Å². The molecule has 3 N–H and O–H groups in total. The molecule has 8 heteroatoms.